The molecule has 0 aromatic carbocycles. The third kappa shape index (κ3) is 6.19. The molecule has 30 heavy (non-hydrogen) atoms. The van der Waals surface area contributed by atoms with Gasteiger partial charge in [0.15, 0.2) is 0 Å². The molecule has 0 saturated carbocycles. The Kier molecular flexibility index (Phi) is 8.75. The van der Waals surface area contributed by atoms with Crippen LogP contribution in [0.2, 0.25) is 0 Å². The first-order valence-corrected chi connectivity index (χ1v) is 11.9. The van der Waals surface area contributed by atoms with Crippen LogP contribution in [0.4, 0.5) is 0 Å². The first kappa shape index (κ1) is 25.1. The fraction of sp³-hybridized carbons (Fsp3) is 0.917. The van der Waals surface area contributed by atoms with Crippen LogP contribution in [-0.4, -0.2) is 84.4 Å². The van der Waals surface area contributed by atoms with Crippen LogP contribution in [0.15, 0.2) is 0 Å². The second kappa shape index (κ2) is 10.4. The summed E-state index contributed by atoms with van der Waals surface area (Å²) < 4.78 is 0. The van der Waals surface area contributed by atoms with Crippen molar-refractivity contribution in [1.29, 1.82) is 0 Å². The summed E-state index contributed by atoms with van der Waals surface area (Å²) >= 11 is 0. The number of piperidine rings is 1. The first-order valence-electron chi connectivity index (χ1n) is 11.9. The highest BCUT2D eigenvalue weighted by molar-refractivity contribution is 5.90. The van der Waals surface area contributed by atoms with E-state index in [0.29, 0.717) is 12.0 Å². The Bertz CT molecular complexity index is 586. The number of nitrogens with one attached hydrogen (secondary N) is 1. The molecule has 2 heterocycles. The maximum absolute atomic E-state index is 13.7. The lowest BCUT2D eigenvalue weighted by atomic mass is 9.84. The SMILES string of the molecule is CC(C)C(CN1CCC[C@H]1C)N(C)C(=O)C(NC(=O)C1CCCCN1C)C(C)(C)C. The minimum Gasteiger partial charge on any atom is -0.342 e. The molecule has 6 nitrogen and oxygen atoms in total. The largest absolute Gasteiger partial charge is 0.342 e. The molecule has 0 bridgehead atoms. The van der Waals surface area contributed by atoms with Crippen molar-refractivity contribution in [3.8, 4) is 0 Å². The number of likely N-dealkylation sites (tertiary alicyclic amines) is 2. The molecule has 4 atom stereocenters. The van der Waals surface area contributed by atoms with E-state index in [1.165, 1.54) is 12.8 Å². The molecule has 174 valence electrons. The molecule has 0 aliphatic carbocycles. The monoisotopic (exact) mass is 422 g/mol. The minimum atomic E-state index is -0.525. The molecular formula is C24H46N4O2. The maximum atomic E-state index is 13.7. The first-order chi connectivity index (χ1) is 13.9. The third-order valence-electron chi connectivity index (χ3n) is 7.20. The van der Waals surface area contributed by atoms with Crippen molar-refractivity contribution in [2.24, 2.45) is 11.3 Å². The Balaban J connectivity index is 2.14. The van der Waals surface area contributed by atoms with Crippen LogP contribution in [0.1, 0.15) is 73.6 Å². The second-order valence-electron chi connectivity index (χ2n) is 11.0. The Morgan fingerprint density at radius 2 is 1.77 bits per heavy atom. The van der Waals surface area contributed by atoms with Crippen LogP contribution in [0.25, 0.3) is 0 Å². The van der Waals surface area contributed by atoms with Gasteiger partial charge in [0.05, 0.1) is 6.04 Å². The predicted octanol–water partition coefficient (Wildman–Crippen LogP) is 2.97. The number of hydrogen-bond acceptors (Lipinski definition) is 4. The Hall–Kier alpha value is -1.14. The molecule has 2 amide bonds. The van der Waals surface area contributed by atoms with Gasteiger partial charge in [-0.1, -0.05) is 41.0 Å². The minimum absolute atomic E-state index is 0.00635. The van der Waals surface area contributed by atoms with Crippen LogP contribution in [0.3, 0.4) is 0 Å². The van der Waals surface area contributed by atoms with Gasteiger partial charge in [-0.25, -0.2) is 0 Å². The Labute approximate surface area is 184 Å². The Morgan fingerprint density at radius 1 is 1.10 bits per heavy atom. The zero-order valence-electron chi connectivity index (χ0n) is 20.7. The topological polar surface area (TPSA) is 55.9 Å². The van der Waals surface area contributed by atoms with Gasteiger partial charge >= 0.3 is 0 Å². The molecule has 0 aromatic heterocycles. The van der Waals surface area contributed by atoms with Crippen LogP contribution in [0.5, 0.6) is 0 Å². The van der Waals surface area contributed by atoms with Gasteiger partial charge in [-0.15, -0.1) is 0 Å². The van der Waals surface area contributed by atoms with Gasteiger partial charge in [0.2, 0.25) is 11.8 Å². The number of hydrogen-bond donors (Lipinski definition) is 1. The van der Waals surface area contributed by atoms with E-state index >= 15 is 0 Å². The van der Waals surface area contributed by atoms with Gasteiger partial charge < -0.3 is 10.2 Å². The average Bonchev–Trinajstić information content (AvgIpc) is 3.06. The van der Waals surface area contributed by atoms with Gasteiger partial charge in [0, 0.05) is 25.7 Å². The number of rotatable bonds is 7. The van der Waals surface area contributed by atoms with Crippen molar-refractivity contribution in [2.45, 2.75) is 97.8 Å². The summed E-state index contributed by atoms with van der Waals surface area (Å²) in [6.07, 6.45) is 5.54. The lowest BCUT2D eigenvalue weighted by molar-refractivity contribution is -0.142. The van der Waals surface area contributed by atoms with Gasteiger partial charge in [-0.2, -0.15) is 0 Å². The summed E-state index contributed by atoms with van der Waals surface area (Å²) in [4.78, 5) is 33.3. The Morgan fingerprint density at radius 3 is 2.27 bits per heavy atom. The van der Waals surface area contributed by atoms with Crippen LogP contribution >= 0.6 is 0 Å². The van der Waals surface area contributed by atoms with Crippen molar-refractivity contribution >= 4 is 11.8 Å². The third-order valence-corrected chi connectivity index (χ3v) is 7.20. The number of carbonyl (C=O) groups is 2. The quantitative estimate of drug-likeness (QED) is 0.685. The molecule has 1 N–H and O–H groups in total. The molecular weight excluding hydrogens is 376 g/mol. The van der Waals surface area contributed by atoms with Crippen molar-refractivity contribution in [3.63, 3.8) is 0 Å². The molecule has 2 saturated heterocycles. The van der Waals surface area contributed by atoms with E-state index in [2.05, 4.69) is 35.9 Å². The normalized spacial score (nSPS) is 25.9. The summed E-state index contributed by atoms with van der Waals surface area (Å²) in [6.45, 7) is 15.7. The van der Waals surface area contributed by atoms with Crippen LogP contribution in [0, 0.1) is 11.3 Å². The summed E-state index contributed by atoms with van der Waals surface area (Å²) in [5.74, 6) is 0.376. The van der Waals surface area contributed by atoms with E-state index in [-0.39, 0.29) is 29.3 Å². The van der Waals surface area contributed by atoms with Crippen molar-refractivity contribution in [1.82, 2.24) is 20.0 Å². The molecule has 2 rings (SSSR count). The molecule has 0 spiro atoms. The second-order valence-corrected chi connectivity index (χ2v) is 11.0. The molecule has 0 radical (unpaired) electrons. The van der Waals surface area contributed by atoms with E-state index in [1.807, 2.05) is 39.8 Å². The number of likely N-dealkylation sites (N-methyl/N-ethyl adjacent to an activating group) is 2. The van der Waals surface area contributed by atoms with E-state index in [9.17, 15) is 9.59 Å². The summed E-state index contributed by atoms with van der Waals surface area (Å²) in [5, 5.41) is 3.15. The summed E-state index contributed by atoms with van der Waals surface area (Å²) in [5.41, 5.74) is -0.350. The lowest BCUT2D eigenvalue weighted by Crippen LogP contribution is -2.60. The fourth-order valence-corrected chi connectivity index (χ4v) is 4.95. The maximum Gasteiger partial charge on any atom is 0.245 e. The van der Waals surface area contributed by atoms with Crippen molar-refractivity contribution in [2.75, 3.05) is 33.7 Å². The number of nitrogens with zero attached hydrogens (tertiary/aromatic N) is 3. The predicted molar refractivity (Wildman–Crippen MR) is 123 cm³/mol. The summed E-state index contributed by atoms with van der Waals surface area (Å²) in [6, 6.07) is 0.0579. The van der Waals surface area contributed by atoms with Gasteiger partial charge in [0.25, 0.3) is 0 Å². The number of carbonyl (C=O) groups excluding carboxylic acids is 2. The fourth-order valence-electron chi connectivity index (χ4n) is 4.95. The zero-order valence-corrected chi connectivity index (χ0v) is 20.7. The lowest BCUT2D eigenvalue weighted by Gasteiger charge is -2.41. The van der Waals surface area contributed by atoms with Gasteiger partial charge in [-0.05, 0) is 64.1 Å². The standard InChI is InChI=1S/C24H46N4O2/c1-17(2)20(16-28-15-11-12-18(28)3)27(8)23(30)21(24(4,5)6)25-22(29)19-13-9-10-14-26(19)7/h17-21H,9-16H2,1-8H3,(H,25,29)/t18-,19?,20?,21?/m1/s1. The van der Waals surface area contributed by atoms with Crippen LogP contribution < -0.4 is 5.32 Å². The molecule has 2 aliphatic rings. The van der Waals surface area contributed by atoms with Gasteiger partial charge in [-0.3, -0.25) is 19.4 Å². The zero-order chi connectivity index (χ0) is 22.6. The van der Waals surface area contributed by atoms with E-state index in [0.717, 1.165) is 38.9 Å². The van der Waals surface area contributed by atoms with E-state index in [4.69, 9.17) is 0 Å². The highest BCUT2D eigenvalue weighted by Gasteiger charge is 2.39. The highest BCUT2D eigenvalue weighted by atomic mass is 16.2. The van der Waals surface area contributed by atoms with Crippen LogP contribution in [-0.2, 0) is 9.59 Å². The summed E-state index contributed by atoms with van der Waals surface area (Å²) in [7, 11) is 3.93. The molecule has 2 aliphatic heterocycles. The van der Waals surface area contributed by atoms with E-state index in [1.54, 1.807) is 0 Å². The smallest absolute Gasteiger partial charge is 0.245 e. The van der Waals surface area contributed by atoms with Gasteiger partial charge in [0.1, 0.15) is 6.04 Å². The molecule has 3 unspecified atom stereocenters. The number of amides is 2. The molecule has 2 fully saturated rings. The van der Waals surface area contributed by atoms with Crippen molar-refractivity contribution < 1.29 is 9.59 Å². The average molecular weight is 423 g/mol. The highest BCUT2D eigenvalue weighted by Crippen LogP contribution is 2.26. The van der Waals surface area contributed by atoms with E-state index < -0.39 is 6.04 Å². The molecule has 0 aromatic rings. The van der Waals surface area contributed by atoms with Crippen molar-refractivity contribution in [3.05, 3.63) is 0 Å². The molecule has 6 heteroatoms.